The Morgan fingerprint density at radius 2 is 1.90 bits per heavy atom. The van der Waals surface area contributed by atoms with E-state index >= 15 is 0 Å². The monoisotopic (exact) mass is 280 g/mol. The van der Waals surface area contributed by atoms with E-state index in [2.05, 4.69) is 45.2 Å². The van der Waals surface area contributed by atoms with Gasteiger partial charge in [0.05, 0.1) is 12.6 Å². The minimum atomic E-state index is 0.365. The highest BCUT2D eigenvalue weighted by Gasteiger charge is 2.25. The van der Waals surface area contributed by atoms with Gasteiger partial charge in [-0.1, -0.05) is 36.4 Å². The molecule has 2 heterocycles. The molecule has 0 fully saturated rings. The average Bonchev–Trinajstić information content (AvgIpc) is 2.87. The first-order chi connectivity index (χ1) is 10.3. The van der Waals surface area contributed by atoms with Gasteiger partial charge in [0, 0.05) is 18.9 Å². The van der Waals surface area contributed by atoms with E-state index in [1.807, 2.05) is 18.3 Å². The van der Waals surface area contributed by atoms with E-state index in [0.29, 0.717) is 12.0 Å². The predicted molar refractivity (Wildman–Crippen MR) is 85.1 cm³/mol. The van der Waals surface area contributed by atoms with Crippen LogP contribution in [0.25, 0.3) is 0 Å². The maximum absolute atomic E-state index is 6.05. The molecule has 3 rings (SSSR count). The average molecular weight is 280 g/mol. The number of nitrogens with zero attached hydrogens (tertiary/aromatic N) is 3. The quantitative estimate of drug-likeness (QED) is 0.909. The highest BCUT2D eigenvalue weighted by Crippen LogP contribution is 2.15. The van der Waals surface area contributed by atoms with Gasteiger partial charge in [0.2, 0.25) is 0 Å². The number of aliphatic imine (C=N–C) groups is 1. The molecule has 2 N–H and O–H groups in total. The first-order valence-electron chi connectivity index (χ1n) is 7.32. The lowest BCUT2D eigenvalue weighted by atomic mass is 10.0. The molecule has 1 aliphatic heterocycles. The molecule has 0 saturated carbocycles. The molecule has 0 radical (unpaired) electrons. The summed E-state index contributed by atoms with van der Waals surface area (Å²) in [5.74, 6) is 0.667. The Morgan fingerprint density at radius 3 is 2.67 bits per heavy atom. The second kappa shape index (κ2) is 6.39. The minimum absolute atomic E-state index is 0.365. The van der Waals surface area contributed by atoms with Gasteiger partial charge in [0.25, 0.3) is 0 Å². The van der Waals surface area contributed by atoms with E-state index in [9.17, 15) is 0 Å². The lowest BCUT2D eigenvalue weighted by molar-refractivity contribution is 0.341. The number of rotatable bonds is 5. The van der Waals surface area contributed by atoms with Crippen LogP contribution < -0.4 is 5.73 Å². The van der Waals surface area contributed by atoms with Crippen LogP contribution in [0.1, 0.15) is 11.1 Å². The number of hydrogen-bond donors (Lipinski definition) is 1. The van der Waals surface area contributed by atoms with Gasteiger partial charge >= 0.3 is 0 Å². The maximum atomic E-state index is 6.05. The van der Waals surface area contributed by atoms with E-state index < -0.39 is 0 Å². The zero-order chi connectivity index (χ0) is 14.5. The first-order valence-corrected chi connectivity index (χ1v) is 7.32. The highest BCUT2D eigenvalue weighted by atomic mass is 15.3. The molecule has 108 valence electrons. The fourth-order valence-corrected chi connectivity index (χ4v) is 2.73. The summed E-state index contributed by atoms with van der Waals surface area (Å²) in [6.45, 7) is 1.67. The van der Waals surface area contributed by atoms with E-state index in [4.69, 9.17) is 5.73 Å². The van der Waals surface area contributed by atoms with E-state index in [0.717, 1.165) is 25.9 Å². The van der Waals surface area contributed by atoms with Crippen molar-refractivity contribution in [1.82, 2.24) is 9.88 Å². The third-order valence-electron chi connectivity index (χ3n) is 3.88. The van der Waals surface area contributed by atoms with Gasteiger partial charge in [-0.25, -0.2) is 0 Å². The Morgan fingerprint density at radius 1 is 1.10 bits per heavy atom. The van der Waals surface area contributed by atoms with Crippen molar-refractivity contribution in [2.75, 3.05) is 13.1 Å². The van der Waals surface area contributed by atoms with Crippen LogP contribution in [0.3, 0.4) is 0 Å². The van der Waals surface area contributed by atoms with Crippen LogP contribution >= 0.6 is 0 Å². The lowest BCUT2D eigenvalue weighted by Crippen LogP contribution is -2.43. The molecule has 0 saturated heterocycles. The maximum Gasteiger partial charge on any atom is 0.191 e. The van der Waals surface area contributed by atoms with Gasteiger partial charge in [-0.15, -0.1) is 0 Å². The molecule has 0 amide bonds. The number of nitrogens with two attached hydrogens (primary N) is 1. The zero-order valence-corrected chi connectivity index (χ0v) is 12.0. The van der Waals surface area contributed by atoms with E-state index in [-0.39, 0.29) is 0 Å². The molecule has 21 heavy (non-hydrogen) atoms. The van der Waals surface area contributed by atoms with Gasteiger partial charge in [-0.3, -0.25) is 9.98 Å². The Labute approximate surface area is 125 Å². The third kappa shape index (κ3) is 3.40. The fourth-order valence-electron chi connectivity index (χ4n) is 2.73. The molecule has 0 spiro atoms. The van der Waals surface area contributed by atoms with Crippen LogP contribution in [0, 0.1) is 0 Å². The number of benzene rings is 1. The Balaban J connectivity index is 1.62. The molecule has 0 bridgehead atoms. The molecule has 0 aliphatic carbocycles. The summed E-state index contributed by atoms with van der Waals surface area (Å²) in [5.41, 5.74) is 8.61. The first kappa shape index (κ1) is 13.6. The van der Waals surface area contributed by atoms with Crippen LogP contribution in [-0.2, 0) is 12.8 Å². The highest BCUT2D eigenvalue weighted by molar-refractivity contribution is 5.80. The second-order valence-corrected chi connectivity index (χ2v) is 5.35. The van der Waals surface area contributed by atoms with Crippen molar-refractivity contribution < 1.29 is 0 Å². The van der Waals surface area contributed by atoms with Crippen molar-refractivity contribution in [3.8, 4) is 0 Å². The largest absolute Gasteiger partial charge is 0.370 e. The standard InChI is InChI=1S/C17H20N4/c18-17-20-13-16(11-14-5-2-1-3-6-14)21(17)10-8-15-7-4-9-19-12-15/h1-7,9,12,16H,8,10-11,13H2,(H2,18,20). The molecule has 4 nitrogen and oxygen atoms in total. The predicted octanol–water partition coefficient (Wildman–Crippen LogP) is 1.87. The SMILES string of the molecule is NC1=NCC(Cc2ccccc2)N1CCc1cccnc1. The van der Waals surface area contributed by atoms with Crippen molar-refractivity contribution >= 4 is 5.96 Å². The summed E-state index contributed by atoms with van der Waals surface area (Å²) in [4.78, 5) is 10.8. The molecule has 1 unspecified atom stereocenters. The van der Waals surface area contributed by atoms with Crippen LogP contribution in [0.5, 0.6) is 0 Å². The third-order valence-corrected chi connectivity index (χ3v) is 3.88. The van der Waals surface area contributed by atoms with Crippen molar-refractivity contribution in [3.05, 3.63) is 66.0 Å². The number of guanidine groups is 1. The summed E-state index contributed by atoms with van der Waals surface area (Å²) in [7, 11) is 0. The van der Waals surface area contributed by atoms with Gasteiger partial charge in [-0.05, 0) is 30.0 Å². The van der Waals surface area contributed by atoms with E-state index in [1.165, 1.54) is 11.1 Å². The van der Waals surface area contributed by atoms with Gasteiger partial charge in [0.1, 0.15) is 0 Å². The molecule has 4 heteroatoms. The summed E-state index contributed by atoms with van der Waals surface area (Å²) in [5, 5.41) is 0. The van der Waals surface area contributed by atoms with Crippen molar-refractivity contribution in [3.63, 3.8) is 0 Å². The van der Waals surface area contributed by atoms with Crippen LogP contribution in [0.2, 0.25) is 0 Å². The van der Waals surface area contributed by atoms with Crippen LogP contribution in [-0.4, -0.2) is 35.0 Å². The van der Waals surface area contributed by atoms with Crippen molar-refractivity contribution in [2.24, 2.45) is 10.7 Å². The topological polar surface area (TPSA) is 54.5 Å². The minimum Gasteiger partial charge on any atom is -0.370 e. The Kier molecular flexibility index (Phi) is 4.15. The van der Waals surface area contributed by atoms with Crippen LogP contribution in [0.15, 0.2) is 59.9 Å². The zero-order valence-electron chi connectivity index (χ0n) is 12.0. The molecule has 1 aromatic heterocycles. The van der Waals surface area contributed by atoms with Crippen molar-refractivity contribution in [1.29, 1.82) is 0 Å². The normalized spacial score (nSPS) is 17.8. The number of pyridine rings is 1. The van der Waals surface area contributed by atoms with Gasteiger partial charge in [-0.2, -0.15) is 0 Å². The smallest absolute Gasteiger partial charge is 0.191 e. The Hall–Kier alpha value is -2.36. The Bertz CT molecular complexity index is 595. The summed E-state index contributed by atoms with van der Waals surface area (Å²) in [6, 6.07) is 15.0. The molecule has 1 aliphatic rings. The summed E-state index contributed by atoms with van der Waals surface area (Å²) < 4.78 is 0. The van der Waals surface area contributed by atoms with Crippen molar-refractivity contribution in [2.45, 2.75) is 18.9 Å². The summed E-state index contributed by atoms with van der Waals surface area (Å²) >= 11 is 0. The fraction of sp³-hybridized carbons (Fsp3) is 0.294. The molecular weight excluding hydrogens is 260 g/mol. The molecule has 2 aromatic rings. The molecule has 1 aromatic carbocycles. The molecule has 1 atom stereocenters. The number of hydrogen-bond acceptors (Lipinski definition) is 4. The van der Waals surface area contributed by atoms with Crippen LogP contribution in [0.4, 0.5) is 0 Å². The summed E-state index contributed by atoms with van der Waals surface area (Å²) in [6.07, 6.45) is 5.64. The lowest BCUT2D eigenvalue weighted by Gasteiger charge is -2.26. The van der Waals surface area contributed by atoms with Gasteiger partial charge < -0.3 is 10.6 Å². The van der Waals surface area contributed by atoms with E-state index in [1.54, 1.807) is 6.20 Å². The second-order valence-electron chi connectivity index (χ2n) is 5.35. The molecular formula is C17H20N4. The number of aromatic nitrogens is 1. The van der Waals surface area contributed by atoms with Gasteiger partial charge in [0.15, 0.2) is 5.96 Å².